The highest BCUT2D eigenvalue weighted by atomic mass is 15.2. The third-order valence-corrected chi connectivity index (χ3v) is 2.24. The Bertz CT molecular complexity index is 249. The van der Waals surface area contributed by atoms with E-state index in [0.29, 0.717) is 5.92 Å². The Hall–Kier alpha value is -1.05. The third kappa shape index (κ3) is 2.20. The Morgan fingerprint density at radius 2 is 2.31 bits per heavy atom. The van der Waals surface area contributed by atoms with Crippen LogP contribution in [-0.2, 0) is 0 Å². The number of amidine groups is 1. The van der Waals surface area contributed by atoms with E-state index in [1.165, 1.54) is 5.57 Å². The number of aliphatic imine (C=N–C) groups is 1. The van der Waals surface area contributed by atoms with Crippen molar-refractivity contribution in [3.8, 4) is 0 Å². The molecule has 0 unspecified atom stereocenters. The molecule has 1 heterocycles. The number of allylic oxidation sites excluding steroid dienone is 2. The van der Waals surface area contributed by atoms with Crippen molar-refractivity contribution in [2.75, 3.05) is 20.1 Å². The summed E-state index contributed by atoms with van der Waals surface area (Å²) in [6, 6.07) is 0. The number of hydrogen-bond acceptors (Lipinski definition) is 2. The van der Waals surface area contributed by atoms with Crippen LogP contribution >= 0.6 is 0 Å². The first-order chi connectivity index (χ1) is 6.16. The van der Waals surface area contributed by atoms with Crippen LogP contribution in [0.25, 0.3) is 0 Å². The summed E-state index contributed by atoms with van der Waals surface area (Å²) < 4.78 is 0. The molecule has 2 heteroatoms. The van der Waals surface area contributed by atoms with Gasteiger partial charge in [0.05, 0.1) is 6.54 Å². The molecule has 0 radical (unpaired) electrons. The molecule has 72 valence electrons. The zero-order chi connectivity index (χ0) is 9.84. The molecule has 0 aromatic rings. The maximum atomic E-state index is 4.48. The molecule has 0 bridgehead atoms. The van der Waals surface area contributed by atoms with Crippen LogP contribution in [0.15, 0.2) is 29.3 Å². The average molecular weight is 178 g/mol. The lowest BCUT2D eigenvalue weighted by atomic mass is 10.0. The first kappa shape index (κ1) is 10.0. The lowest BCUT2D eigenvalue weighted by molar-refractivity contribution is 0.550. The van der Waals surface area contributed by atoms with Crippen molar-refractivity contribution in [1.82, 2.24) is 4.90 Å². The summed E-state index contributed by atoms with van der Waals surface area (Å²) in [5, 5.41) is 0. The van der Waals surface area contributed by atoms with Gasteiger partial charge in [0.15, 0.2) is 0 Å². The number of hydrogen-bond donors (Lipinski definition) is 0. The maximum Gasteiger partial charge on any atom is 0.126 e. The van der Waals surface area contributed by atoms with Gasteiger partial charge in [-0.25, -0.2) is 0 Å². The van der Waals surface area contributed by atoms with Crippen LogP contribution in [0, 0.1) is 5.92 Å². The molecule has 0 atom stereocenters. The minimum Gasteiger partial charge on any atom is -0.358 e. The van der Waals surface area contributed by atoms with Gasteiger partial charge in [-0.3, -0.25) is 4.99 Å². The molecule has 0 aromatic carbocycles. The molecule has 1 aliphatic heterocycles. The Morgan fingerprint density at radius 1 is 1.62 bits per heavy atom. The van der Waals surface area contributed by atoms with E-state index in [1.807, 2.05) is 6.08 Å². The van der Waals surface area contributed by atoms with Gasteiger partial charge in [-0.05, 0) is 11.5 Å². The van der Waals surface area contributed by atoms with Gasteiger partial charge in [0.25, 0.3) is 0 Å². The molecule has 0 saturated carbocycles. The van der Waals surface area contributed by atoms with Crippen molar-refractivity contribution in [2.45, 2.75) is 13.8 Å². The van der Waals surface area contributed by atoms with Crippen LogP contribution in [0.3, 0.4) is 0 Å². The van der Waals surface area contributed by atoms with Crippen LogP contribution < -0.4 is 0 Å². The summed E-state index contributed by atoms with van der Waals surface area (Å²) in [5.41, 5.74) is 1.29. The van der Waals surface area contributed by atoms with Crippen LogP contribution in [0.5, 0.6) is 0 Å². The van der Waals surface area contributed by atoms with Gasteiger partial charge in [0.2, 0.25) is 0 Å². The minimum absolute atomic E-state index is 0.511. The molecule has 1 aliphatic rings. The van der Waals surface area contributed by atoms with Gasteiger partial charge >= 0.3 is 0 Å². The molecule has 0 aromatic heterocycles. The summed E-state index contributed by atoms with van der Waals surface area (Å²) in [7, 11) is 2.09. The van der Waals surface area contributed by atoms with Crippen molar-refractivity contribution in [2.24, 2.45) is 10.9 Å². The molecular formula is C11H18N2. The van der Waals surface area contributed by atoms with Crippen LogP contribution in [0.1, 0.15) is 13.8 Å². The summed E-state index contributed by atoms with van der Waals surface area (Å²) in [5.74, 6) is 1.65. The molecule has 1 rings (SSSR count). The predicted octanol–water partition coefficient (Wildman–Crippen LogP) is 2.10. The Balaban J connectivity index is 2.88. The van der Waals surface area contributed by atoms with Gasteiger partial charge in [0, 0.05) is 13.6 Å². The van der Waals surface area contributed by atoms with Gasteiger partial charge in [-0.1, -0.05) is 32.6 Å². The van der Waals surface area contributed by atoms with Crippen molar-refractivity contribution in [3.63, 3.8) is 0 Å². The topological polar surface area (TPSA) is 15.6 Å². The molecular weight excluding hydrogens is 160 g/mol. The fraction of sp³-hybridized carbons (Fsp3) is 0.545. The first-order valence-corrected chi connectivity index (χ1v) is 4.75. The quantitative estimate of drug-likeness (QED) is 0.604. The monoisotopic (exact) mass is 178 g/mol. The Labute approximate surface area is 80.7 Å². The van der Waals surface area contributed by atoms with E-state index < -0.39 is 0 Å². The average Bonchev–Trinajstić information content (AvgIpc) is 2.47. The zero-order valence-corrected chi connectivity index (χ0v) is 8.75. The lowest BCUT2D eigenvalue weighted by Crippen LogP contribution is -2.26. The summed E-state index contributed by atoms with van der Waals surface area (Å²) >= 11 is 0. The number of likely N-dealkylation sites (N-methyl/N-ethyl adjacent to an activating group) is 1. The predicted molar refractivity (Wildman–Crippen MR) is 58.1 cm³/mol. The normalized spacial score (nSPS) is 18.0. The van der Waals surface area contributed by atoms with Gasteiger partial charge in [-0.2, -0.15) is 0 Å². The highest BCUT2D eigenvalue weighted by molar-refractivity contribution is 5.99. The molecule has 0 fully saturated rings. The second-order valence-corrected chi connectivity index (χ2v) is 3.64. The van der Waals surface area contributed by atoms with Crippen molar-refractivity contribution < 1.29 is 0 Å². The molecule has 2 nitrogen and oxygen atoms in total. The highest BCUT2D eigenvalue weighted by Crippen LogP contribution is 2.16. The number of nitrogens with zero attached hydrogens (tertiary/aromatic N) is 2. The van der Waals surface area contributed by atoms with Crippen LogP contribution in [0.2, 0.25) is 0 Å². The smallest absolute Gasteiger partial charge is 0.126 e. The Morgan fingerprint density at radius 3 is 2.69 bits per heavy atom. The molecule has 0 aliphatic carbocycles. The van der Waals surface area contributed by atoms with E-state index in [0.717, 1.165) is 18.9 Å². The van der Waals surface area contributed by atoms with Gasteiger partial charge < -0.3 is 4.90 Å². The first-order valence-electron chi connectivity index (χ1n) is 4.75. The minimum atomic E-state index is 0.511. The Kier molecular flexibility index (Phi) is 3.29. The van der Waals surface area contributed by atoms with E-state index in [2.05, 4.69) is 43.4 Å². The zero-order valence-electron chi connectivity index (χ0n) is 8.75. The van der Waals surface area contributed by atoms with E-state index in [1.54, 1.807) is 0 Å². The van der Waals surface area contributed by atoms with Crippen molar-refractivity contribution in [1.29, 1.82) is 0 Å². The fourth-order valence-corrected chi connectivity index (χ4v) is 1.50. The molecule has 13 heavy (non-hydrogen) atoms. The number of rotatable bonds is 3. The lowest BCUT2D eigenvalue weighted by Gasteiger charge is -2.18. The fourth-order valence-electron chi connectivity index (χ4n) is 1.50. The van der Waals surface area contributed by atoms with E-state index in [-0.39, 0.29) is 0 Å². The molecule has 0 saturated heterocycles. The van der Waals surface area contributed by atoms with Crippen LogP contribution in [-0.4, -0.2) is 30.9 Å². The van der Waals surface area contributed by atoms with E-state index >= 15 is 0 Å². The van der Waals surface area contributed by atoms with Gasteiger partial charge in [-0.15, -0.1) is 0 Å². The second kappa shape index (κ2) is 4.26. The second-order valence-electron chi connectivity index (χ2n) is 3.64. The largest absolute Gasteiger partial charge is 0.358 e. The highest BCUT2D eigenvalue weighted by Gasteiger charge is 2.18. The van der Waals surface area contributed by atoms with Crippen molar-refractivity contribution >= 4 is 5.84 Å². The third-order valence-electron chi connectivity index (χ3n) is 2.24. The molecule has 0 N–H and O–H groups in total. The molecule has 0 amide bonds. The summed E-state index contributed by atoms with van der Waals surface area (Å²) in [4.78, 5) is 6.69. The van der Waals surface area contributed by atoms with E-state index in [9.17, 15) is 0 Å². The van der Waals surface area contributed by atoms with E-state index in [4.69, 9.17) is 0 Å². The van der Waals surface area contributed by atoms with Gasteiger partial charge in [0.1, 0.15) is 5.84 Å². The van der Waals surface area contributed by atoms with Crippen LogP contribution in [0.4, 0.5) is 0 Å². The SMILES string of the molecule is C=C/C=C(\C1=NCCN1C)C(C)C. The summed E-state index contributed by atoms with van der Waals surface area (Å²) in [6.45, 7) is 10.1. The summed E-state index contributed by atoms with van der Waals surface area (Å²) in [6.07, 6.45) is 3.90. The molecule has 0 spiro atoms. The standard InChI is InChI=1S/C11H18N2/c1-5-6-10(9(2)3)11-12-7-8-13(11)4/h5-6,9H,1,7-8H2,2-4H3/b10-6-. The van der Waals surface area contributed by atoms with Crippen molar-refractivity contribution in [3.05, 3.63) is 24.3 Å². The maximum absolute atomic E-state index is 4.48.